The molecule has 0 aliphatic carbocycles. The maximum Gasteiger partial charge on any atom is 0.414 e. The van der Waals surface area contributed by atoms with Crippen molar-refractivity contribution < 1.29 is 29.7 Å². The average molecular weight is 346 g/mol. The van der Waals surface area contributed by atoms with Gasteiger partial charge in [0.1, 0.15) is 0 Å². The Bertz CT molecular complexity index is 315. The molecule has 0 atom stereocenters. The molecule has 0 amide bonds. The Morgan fingerprint density at radius 3 is 1.08 bits per heavy atom. The van der Waals surface area contributed by atoms with Crippen LogP contribution in [0.5, 0.6) is 0 Å². The maximum absolute atomic E-state index is 10.3. The van der Waals surface area contributed by atoms with E-state index >= 15 is 0 Å². The summed E-state index contributed by atoms with van der Waals surface area (Å²) in [6.07, 6.45) is 17.3. The average Bonchev–Trinajstić information content (AvgIpc) is 2.52. The Morgan fingerprint density at radius 1 is 0.542 bits per heavy atom. The van der Waals surface area contributed by atoms with Crippen LogP contribution in [0.3, 0.4) is 0 Å². The van der Waals surface area contributed by atoms with Gasteiger partial charge < -0.3 is 15.3 Å². The molecule has 6 heteroatoms. The van der Waals surface area contributed by atoms with E-state index in [1.807, 2.05) is 0 Å². The van der Waals surface area contributed by atoms with E-state index in [2.05, 4.69) is 6.92 Å². The standard InChI is InChI=1S/C16H32O2.C2H2O4/c1-2-3-4-5-6-7-8-9-10-11-12-13-14-15-16(17)18;3-1(4)2(5)6/h2-15H2,1H3,(H,17,18);(H,3,4)(H,5,6). The lowest BCUT2D eigenvalue weighted by Gasteiger charge is -2.02. The first kappa shape index (κ1) is 24.7. The molecule has 0 aromatic heterocycles. The molecular formula is C18H34O6. The normalized spacial score (nSPS) is 9.88. The van der Waals surface area contributed by atoms with Crippen LogP contribution in [0.1, 0.15) is 96.8 Å². The molecule has 0 aliphatic heterocycles. The fourth-order valence-electron chi connectivity index (χ4n) is 2.29. The second-order valence-corrected chi connectivity index (χ2v) is 6.00. The van der Waals surface area contributed by atoms with Crippen molar-refractivity contribution in [3.8, 4) is 0 Å². The van der Waals surface area contributed by atoms with E-state index in [-0.39, 0.29) is 0 Å². The van der Waals surface area contributed by atoms with E-state index in [0.717, 1.165) is 12.8 Å². The summed E-state index contributed by atoms with van der Waals surface area (Å²) < 4.78 is 0. The minimum atomic E-state index is -1.82. The van der Waals surface area contributed by atoms with Gasteiger partial charge in [0.25, 0.3) is 0 Å². The summed E-state index contributed by atoms with van der Waals surface area (Å²) in [6.45, 7) is 2.26. The van der Waals surface area contributed by atoms with Crippen molar-refractivity contribution in [1.29, 1.82) is 0 Å². The Morgan fingerprint density at radius 2 is 0.833 bits per heavy atom. The first-order chi connectivity index (χ1) is 11.4. The molecule has 0 rings (SSSR count). The number of rotatable bonds is 14. The summed E-state index contributed by atoms with van der Waals surface area (Å²) in [5, 5.41) is 23.3. The molecule has 0 bridgehead atoms. The van der Waals surface area contributed by atoms with Crippen LogP contribution in [-0.2, 0) is 14.4 Å². The summed E-state index contributed by atoms with van der Waals surface area (Å²) in [4.78, 5) is 28.5. The number of carboxylic acid groups (broad SMARTS) is 3. The number of unbranched alkanes of at least 4 members (excludes halogenated alkanes) is 12. The van der Waals surface area contributed by atoms with Gasteiger partial charge in [0, 0.05) is 6.42 Å². The highest BCUT2D eigenvalue weighted by atomic mass is 16.4. The summed E-state index contributed by atoms with van der Waals surface area (Å²) >= 11 is 0. The van der Waals surface area contributed by atoms with Crippen LogP contribution in [0.4, 0.5) is 0 Å². The molecule has 6 nitrogen and oxygen atoms in total. The van der Waals surface area contributed by atoms with Gasteiger partial charge in [-0.25, -0.2) is 9.59 Å². The van der Waals surface area contributed by atoms with Gasteiger partial charge in [0.15, 0.2) is 0 Å². The largest absolute Gasteiger partial charge is 0.481 e. The zero-order chi connectivity index (χ0) is 18.6. The van der Waals surface area contributed by atoms with Crippen LogP contribution >= 0.6 is 0 Å². The predicted molar refractivity (Wildman–Crippen MR) is 93.2 cm³/mol. The molecule has 0 saturated heterocycles. The first-order valence-electron chi connectivity index (χ1n) is 9.09. The second-order valence-electron chi connectivity index (χ2n) is 6.00. The molecule has 0 radical (unpaired) electrons. The zero-order valence-electron chi connectivity index (χ0n) is 15.0. The second kappa shape index (κ2) is 19.5. The first-order valence-corrected chi connectivity index (χ1v) is 9.09. The topological polar surface area (TPSA) is 112 Å². The summed E-state index contributed by atoms with van der Waals surface area (Å²) in [5.74, 6) is -4.30. The highest BCUT2D eigenvalue weighted by Crippen LogP contribution is 2.12. The van der Waals surface area contributed by atoms with Gasteiger partial charge >= 0.3 is 17.9 Å². The van der Waals surface area contributed by atoms with Crippen molar-refractivity contribution in [3.63, 3.8) is 0 Å². The fraction of sp³-hybridized carbons (Fsp3) is 0.833. The van der Waals surface area contributed by atoms with Crippen molar-refractivity contribution in [2.75, 3.05) is 0 Å². The highest BCUT2D eigenvalue weighted by Gasteiger charge is 2.04. The Labute approximate surface area is 145 Å². The third kappa shape index (κ3) is 25.4. The van der Waals surface area contributed by atoms with Gasteiger partial charge in [-0.05, 0) is 6.42 Å². The van der Waals surface area contributed by atoms with E-state index < -0.39 is 17.9 Å². The minimum Gasteiger partial charge on any atom is -0.481 e. The predicted octanol–water partition coefficient (Wildman–Crippen LogP) is 4.71. The van der Waals surface area contributed by atoms with E-state index in [1.165, 1.54) is 70.6 Å². The SMILES string of the molecule is CCCCCCCCCCCCCCCC(=O)O.O=C(O)C(=O)O. The lowest BCUT2D eigenvalue weighted by molar-refractivity contribution is -0.159. The lowest BCUT2D eigenvalue weighted by atomic mass is 10.0. The van der Waals surface area contributed by atoms with Crippen LogP contribution < -0.4 is 0 Å². The van der Waals surface area contributed by atoms with Crippen molar-refractivity contribution in [2.24, 2.45) is 0 Å². The number of hydrogen-bond donors (Lipinski definition) is 3. The molecule has 3 N–H and O–H groups in total. The molecule has 0 unspecified atom stereocenters. The number of aliphatic carboxylic acids is 3. The maximum atomic E-state index is 10.3. The number of hydrogen-bond acceptors (Lipinski definition) is 3. The molecule has 24 heavy (non-hydrogen) atoms. The third-order valence-electron chi connectivity index (χ3n) is 3.68. The quantitative estimate of drug-likeness (QED) is 0.310. The molecule has 0 saturated carbocycles. The van der Waals surface area contributed by atoms with Crippen molar-refractivity contribution in [2.45, 2.75) is 96.8 Å². The van der Waals surface area contributed by atoms with Crippen LogP contribution in [0.15, 0.2) is 0 Å². The van der Waals surface area contributed by atoms with Crippen LogP contribution in [-0.4, -0.2) is 33.2 Å². The van der Waals surface area contributed by atoms with E-state index in [9.17, 15) is 4.79 Å². The van der Waals surface area contributed by atoms with Gasteiger partial charge in [-0.3, -0.25) is 4.79 Å². The van der Waals surface area contributed by atoms with Gasteiger partial charge in [-0.1, -0.05) is 84.0 Å². The van der Waals surface area contributed by atoms with Crippen molar-refractivity contribution >= 4 is 17.9 Å². The molecule has 0 aromatic carbocycles. The van der Waals surface area contributed by atoms with Crippen LogP contribution in [0.2, 0.25) is 0 Å². The van der Waals surface area contributed by atoms with Crippen molar-refractivity contribution in [1.82, 2.24) is 0 Å². The van der Waals surface area contributed by atoms with E-state index in [4.69, 9.17) is 24.9 Å². The van der Waals surface area contributed by atoms with E-state index in [1.54, 1.807) is 0 Å². The van der Waals surface area contributed by atoms with Crippen molar-refractivity contribution in [3.05, 3.63) is 0 Å². The Kier molecular flexibility index (Phi) is 20.0. The molecular weight excluding hydrogens is 312 g/mol. The Balaban J connectivity index is 0. The summed E-state index contributed by atoms with van der Waals surface area (Å²) in [7, 11) is 0. The van der Waals surface area contributed by atoms with Gasteiger partial charge in [0.2, 0.25) is 0 Å². The van der Waals surface area contributed by atoms with Gasteiger partial charge in [-0.15, -0.1) is 0 Å². The van der Waals surface area contributed by atoms with Gasteiger partial charge in [-0.2, -0.15) is 0 Å². The van der Waals surface area contributed by atoms with E-state index in [0.29, 0.717) is 6.42 Å². The van der Waals surface area contributed by atoms with Crippen LogP contribution in [0.25, 0.3) is 0 Å². The molecule has 0 aliphatic rings. The van der Waals surface area contributed by atoms with Crippen LogP contribution in [0, 0.1) is 0 Å². The number of carbonyl (C=O) groups is 3. The monoisotopic (exact) mass is 346 g/mol. The number of carboxylic acids is 3. The minimum absolute atomic E-state index is 0.345. The molecule has 0 heterocycles. The smallest absolute Gasteiger partial charge is 0.414 e. The summed E-state index contributed by atoms with van der Waals surface area (Å²) in [6, 6.07) is 0. The zero-order valence-corrected chi connectivity index (χ0v) is 15.0. The molecule has 142 valence electrons. The molecule has 0 aromatic rings. The Hall–Kier alpha value is -1.59. The molecule has 0 spiro atoms. The summed E-state index contributed by atoms with van der Waals surface area (Å²) in [5.41, 5.74) is 0. The van der Waals surface area contributed by atoms with Gasteiger partial charge in [0.05, 0.1) is 0 Å². The highest BCUT2D eigenvalue weighted by molar-refractivity contribution is 6.27. The fourth-order valence-corrected chi connectivity index (χ4v) is 2.29. The third-order valence-corrected chi connectivity index (χ3v) is 3.68. The lowest BCUT2D eigenvalue weighted by Crippen LogP contribution is -2.09. The molecule has 0 fully saturated rings.